The maximum atomic E-state index is 11.1. The Labute approximate surface area is 105 Å². The van der Waals surface area contributed by atoms with Crippen molar-refractivity contribution in [3.05, 3.63) is 30.3 Å². The Morgan fingerprint density at radius 3 is 2.65 bits per heavy atom. The van der Waals surface area contributed by atoms with Crippen LogP contribution in [0.1, 0.15) is 12.8 Å². The minimum atomic E-state index is -2.92. The molecule has 1 saturated heterocycles. The van der Waals surface area contributed by atoms with Crippen molar-refractivity contribution >= 4 is 29.5 Å². The lowest BCUT2D eigenvalue weighted by atomic mass is 10.2. The molecule has 1 aromatic carbocycles. The van der Waals surface area contributed by atoms with Crippen molar-refractivity contribution in [2.24, 2.45) is 0 Å². The molecule has 17 heavy (non-hydrogen) atoms. The largest absolute Gasteiger partial charge is 0.480 e. The lowest BCUT2D eigenvalue weighted by Crippen LogP contribution is -2.36. The molecule has 0 saturated carbocycles. The molecule has 0 aliphatic carbocycles. The summed E-state index contributed by atoms with van der Waals surface area (Å²) in [6.07, 6.45) is -1.59. The number of hydrogen-bond acceptors (Lipinski definition) is 2. The van der Waals surface area contributed by atoms with Gasteiger partial charge in [0.2, 0.25) is 0 Å². The number of hydrogen-bond donors (Lipinski definition) is 2. The fourth-order valence-electron chi connectivity index (χ4n) is 2.10. The summed E-state index contributed by atoms with van der Waals surface area (Å²) >= 11 is 5.30. The number of benzene rings is 1. The average Bonchev–Trinajstić information content (AvgIpc) is 2.80. The van der Waals surface area contributed by atoms with Crippen molar-refractivity contribution in [2.45, 2.75) is 18.9 Å². The van der Waals surface area contributed by atoms with Crippen LogP contribution in [0.15, 0.2) is 30.3 Å². The van der Waals surface area contributed by atoms with E-state index in [2.05, 4.69) is 0 Å². The molecule has 0 radical (unpaired) electrons. The average molecular weight is 271 g/mol. The predicted molar refractivity (Wildman–Crippen MR) is 69.9 cm³/mol. The normalized spacial score (nSPS) is 24.4. The SMILES string of the molecule is O=C(O)C1CCCN1P(O)(=S)c1ccccc1. The number of aliphatic carboxylic acids is 1. The lowest BCUT2D eigenvalue weighted by Gasteiger charge is -2.30. The van der Waals surface area contributed by atoms with Crippen LogP contribution in [0.25, 0.3) is 0 Å². The van der Waals surface area contributed by atoms with Crippen LogP contribution in [-0.4, -0.2) is 33.2 Å². The summed E-state index contributed by atoms with van der Waals surface area (Å²) < 4.78 is 1.58. The van der Waals surface area contributed by atoms with Gasteiger partial charge in [-0.25, -0.2) is 4.67 Å². The number of rotatable bonds is 3. The molecular weight excluding hydrogens is 257 g/mol. The van der Waals surface area contributed by atoms with E-state index in [-0.39, 0.29) is 0 Å². The molecule has 2 atom stereocenters. The molecule has 92 valence electrons. The van der Waals surface area contributed by atoms with Gasteiger partial charge >= 0.3 is 5.97 Å². The molecule has 6 heteroatoms. The fraction of sp³-hybridized carbons (Fsp3) is 0.364. The molecule has 2 unspecified atom stereocenters. The third-order valence-corrected chi connectivity index (χ3v) is 6.36. The standard InChI is InChI=1S/C11H14NO3PS/c13-11(14)10-7-4-8-12(10)16(15,17)9-5-2-1-3-6-9/h1-3,5-6,10H,4,7-8H2,(H,13,14)(H,15,17). The maximum Gasteiger partial charge on any atom is 0.321 e. The number of carboxylic acid groups (broad SMARTS) is 1. The molecule has 1 aliphatic rings. The Hall–Kier alpha value is -0.740. The van der Waals surface area contributed by atoms with Crippen molar-refractivity contribution in [1.29, 1.82) is 0 Å². The summed E-state index contributed by atoms with van der Waals surface area (Å²) in [5.41, 5.74) is 0. The quantitative estimate of drug-likeness (QED) is 0.808. The highest BCUT2D eigenvalue weighted by Gasteiger charge is 2.39. The van der Waals surface area contributed by atoms with E-state index >= 15 is 0 Å². The highest BCUT2D eigenvalue weighted by molar-refractivity contribution is 8.14. The van der Waals surface area contributed by atoms with Crippen molar-refractivity contribution in [3.8, 4) is 0 Å². The van der Waals surface area contributed by atoms with Crippen LogP contribution in [0.4, 0.5) is 0 Å². The summed E-state index contributed by atoms with van der Waals surface area (Å²) in [5.74, 6) is -0.901. The van der Waals surface area contributed by atoms with Crippen LogP contribution < -0.4 is 5.30 Å². The van der Waals surface area contributed by atoms with Gasteiger partial charge in [0.25, 0.3) is 0 Å². The van der Waals surface area contributed by atoms with Crippen molar-refractivity contribution in [3.63, 3.8) is 0 Å². The van der Waals surface area contributed by atoms with Gasteiger partial charge in [-0.05, 0) is 24.6 Å². The molecule has 0 aromatic heterocycles. The second-order valence-electron chi connectivity index (χ2n) is 4.04. The Kier molecular flexibility index (Phi) is 3.64. The molecular formula is C11H14NO3PS. The van der Waals surface area contributed by atoms with Gasteiger partial charge in [0.15, 0.2) is 6.42 Å². The molecule has 4 nitrogen and oxygen atoms in total. The molecule has 1 fully saturated rings. The van der Waals surface area contributed by atoms with Crippen molar-refractivity contribution < 1.29 is 14.8 Å². The van der Waals surface area contributed by atoms with Gasteiger partial charge in [-0.3, -0.25) is 4.79 Å². The highest BCUT2D eigenvalue weighted by atomic mass is 32.4. The molecule has 2 N–H and O–H groups in total. The van der Waals surface area contributed by atoms with E-state index in [1.54, 1.807) is 28.9 Å². The van der Waals surface area contributed by atoms with Crippen LogP contribution in [0.2, 0.25) is 0 Å². The van der Waals surface area contributed by atoms with E-state index in [1.165, 1.54) is 0 Å². The lowest BCUT2D eigenvalue weighted by molar-refractivity contribution is -0.140. The smallest absolute Gasteiger partial charge is 0.321 e. The van der Waals surface area contributed by atoms with E-state index < -0.39 is 18.4 Å². The summed E-state index contributed by atoms with van der Waals surface area (Å²) in [6.45, 7) is 0.555. The van der Waals surface area contributed by atoms with Crippen molar-refractivity contribution in [2.75, 3.05) is 6.54 Å². The van der Waals surface area contributed by atoms with Gasteiger partial charge in [-0.1, -0.05) is 30.3 Å². The summed E-state index contributed by atoms with van der Waals surface area (Å²) in [7, 11) is 0. The molecule has 0 spiro atoms. The minimum Gasteiger partial charge on any atom is -0.480 e. The van der Waals surface area contributed by atoms with Gasteiger partial charge in [0.05, 0.1) is 0 Å². The molecule has 0 bridgehead atoms. The van der Waals surface area contributed by atoms with E-state index in [9.17, 15) is 9.69 Å². The molecule has 1 aliphatic heterocycles. The van der Waals surface area contributed by atoms with Crippen LogP contribution in [-0.2, 0) is 16.6 Å². The van der Waals surface area contributed by atoms with Crippen LogP contribution >= 0.6 is 6.42 Å². The Balaban J connectivity index is 2.33. The predicted octanol–water partition coefficient (Wildman–Crippen LogP) is 1.16. The first-order valence-corrected chi connectivity index (χ1v) is 8.12. The Bertz CT molecular complexity index is 465. The number of carbonyl (C=O) groups is 1. The summed E-state index contributed by atoms with van der Waals surface area (Å²) in [4.78, 5) is 21.6. The molecule has 1 aromatic rings. The molecule has 2 rings (SSSR count). The van der Waals surface area contributed by atoms with E-state index in [0.717, 1.165) is 6.42 Å². The van der Waals surface area contributed by atoms with E-state index in [1.807, 2.05) is 6.07 Å². The van der Waals surface area contributed by atoms with E-state index in [4.69, 9.17) is 16.9 Å². The van der Waals surface area contributed by atoms with Gasteiger partial charge < -0.3 is 10.00 Å². The van der Waals surface area contributed by atoms with Gasteiger partial charge in [0.1, 0.15) is 6.04 Å². The molecule has 1 heterocycles. The summed E-state index contributed by atoms with van der Waals surface area (Å²) in [6, 6.07) is 8.33. The van der Waals surface area contributed by atoms with Crippen LogP contribution in [0, 0.1) is 0 Å². The van der Waals surface area contributed by atoms with Crippen LogP contribution in [0.5, 0.6) is 0 Å². The zero-order chi connectivity index (χ0) is 12.5. The third-order valence-electron chi connectivity index (χ3n) is 2.95. The van der Waals surface area contributed by atoms with Crippen molar-refractivity contribution in [1.82, 2.24) is 4.67 Å². The van der Waals surface area contributed by atoms with Gasteiger partial charge in [-0.2, -0.15) is 0 Å². The number of nitrogens with zero attached hydrogens (tertiary/aromatic N) is 1. The first-order valence-electron chi connectivity index (χ1n) is 5.42. The summed E-state index contributed by atoms with van der Waals surface area (Å²) in [5, 5.41) is 9.77. The Morgan fingerprint density at radius 1 is 1.41 bits per heavy atom. The second-order valence-corrected chi connectivity index (χ2v) is 7.68. The topological polar surface area (TPSA) is 60.8 Å². The van der Waals surface area contributed by atoms with Crippen LogP contribution in [0.3, 0.4) is 0 Å². The maximum absolute atomic E-state index is 11.1. The number of carboxylic acids is 1. The Morgan fingerprint density at radius 2 is 2.06 bits per heavy atom. The fourth-order valence-corrected chi connectivity index (χ4v) is 4.91. The molecule has 0 amide bonds. The second kappa shape index (κ2) is 4.86. The first kappa shape index (κ1) is 12.7. The van der Waals surface area contributed by atoms with E-state index in [0.29, 0.717) is 18.3 Å². The first-order chi connectivity index (χ1) is 8.03. The zero-order valence-electron chi connectivity index (χ0n) is 9.19. The minimum absolute atomic E-state index is 0.555. The third kappa shape index (κ3) is 2.43. The van der Waals surface area contributed by atoms with Gasteiger partial charge in [0, 0.05) is 11.8 Å². The highest BCUT2D eigenvalue weighted by Crippen LogP contribution is 2.48. The monoisotopic (exact) mass is 271 g/mol. The van der Waals surface area contributed by atoms with Gasteiger partial charge in [-0.15, -0.1) is 0 Å². The zero-order valence-corrected chi connectivity index (χ0v) is 10.9.